The summed E-state index contributed by atoms with van der Waals surface area (Å²) in [7, 11) is 2.22. The molecule has 2 atom stereocenters. The molecule has 0 amide bonds. The Morgan fingerprint density at radius 3 is 2.62 bits per heavy atom. The Balaban J connectivity index is 1.45. The minimum absolute atomic E-state index is 0.475. The molecule has 24 heavy (non-hydrogen) atoms. The summed E-state index contributed by atoms with van der Waals surface area (Å²) in [4.78, 5) is 2.46. The van der Waals surface area contributed by atoms with Crippen molar-refractivity contribution in [3.05, 3.63) is 65.7 Å². The molecular formula is C21H28N2O. The average molecular weight is 324 g/mol. The van der Waals surface area contributed by atoms with Crippen LogP contribution >= 0.6 is 0 Å². The molecule has 1 heterocycles. The van der Waals surface area contributed by atoms with E-state index >= 15 is 0 Å². The highest BCUT2D eigenvalue weighted by Gasteiger charge is 2.32. The van der Waals surface area contributed by atoms with Crippen LogP contribution in [0.1, 0.15) is 30.0 Å². The van der Waals surface area contributed by atoms with Crippen LogP contribution in [0.25, 0.3) is 0 Å². The summed E-state index contributed by atoms with van der Waals surface area (Å²) in [6.07, 6.45) is 2.23. The molecule has 2 aromatic rings. The fourth-order valence-electron chi connectivity index (χ4n) is 3.56. The zero-order valence-corrected chi connectivity index (χ0v) is 14.7. The van der Waals surface area contributed by atoms with Gasteiger partial charge in [0.2, 0.25) is 0 Å². The molecule has 128 valence electrons. The number of ether oxygens (including phenoxy) is 1. The van der Waals surface area contributed by atoms with E-state index in [-0.39, 0.29) is 0 Å². The van der Waals surface area contributed by atoms with Crippen LogP contribution in [-0.4, -0.2) is 37.7 Å². The minimum atomic E-state index is 0.475. The molecule has 2 aromatic carbocycles. The summed E-state index contributed by atoms with van der Waals surface area (Å²) in [5.74, 6) is 1.00. The maximum Gasteiger partial charge on any atom is 0.122 e. The smallest absolute Gasteiger partial charge is 0.122 e. The molecule has 1 N–H and O–H groups in total. The third-order valence-electron chi connectivity index (χ3n) is 4.87. The lowest BCUT2D eigenvalue weighted by molar-refractivity contribution is 0.275. The van der Waals surface area contributed by atoms with Crippen molar-refractivity contribution in [3.8, 4) is 5.75 Å². The fourth-order valence-corrected chi connectivity index (χ4v) is 3.56. The maximum absolute atomic E-state index is 5.88. The van der Waals surface area contributed by atoms with Crippen LogP contribution in [0.15, 0.2) is 54.6 Å². The summed E-state index contributed by atoms with van der Waals surface area (Å²) in [5, 5.41) is 3.74. The Hall–Kier alpha value is -1.84. The number of nitrogens with one attached hydrogen (secondary N) is 1. The van der Waals surface area contributed by atoms with E-state index in [0.29, 0.717) is 12.1 Å². The van der Waals surface area contributed by atoms with Crippen molar-refractivity contribution in [1.29, 1.82) is 0 Å². The Morgan fingerprint density at radius 2 is 1.83 bits per heavy atom. The van der Waals surface area contributed by atoms with Crippen molar-refractivity contribution in [3.63, 3.8) is 0 Å². The first-order valence-electron chi connectivity index (χ1n) is 8.92. The number of benzene rings is 2. The molecule has 1 fully saturated rings. The third-order valence-corrected chi connectivity index (χ3v) is 4.87. The van der Waals surface area contributed by atoms with Crippen molar-refractivity contribution in [1.82, 2.24) is 10.2 Å². The predicted molar refractivity (Wildman–Crippen MR) is 99.5 cm³/mol. The van der Waals surface area contributed by atoms with Crippen molar-refractivity contribution >= 4 is 0 Å². The van der Waals surface area contributed by atoms with Gasteiger partial charge in [0, 0.05) is 18.6 Å². The summed E-state index contributed by atoms with van der Waals surface area (Å²) in [5.41, 5.74) is 2.61. The highest BCUT2D eigenvalue weighted by Crippen LogP contribution is 2.30. The largest absolute Gasteiger partial charge is 0.493 e. The highest BCUT2D eigenvalue weighted by atomic mass is 16.5. The second kappa shape index (κ2) is 8.32. The molecule has 3 nitrogen and oxygen atoms in total. The molecule has 1 saturated heterocycles. The summed E-state index contributed by atoms with van der Waals surface area (Å²) in [6, 6.07) is 20.0. The lowest BCUT2D eigenvalue weighted by Crippen LogP contribution is -2.35. The Kier molecular flexibility index (Phi) is 5.89. The summed E-state index contributed by atoms with van der Waals surface area (Å²) in [6.45, 7) is 4.99. The van der Waals surface area contributed by atoms with E-state index in [4.69, 9.17) is 4.74 Å². The number of hydrogen-bond acceptors (Lipinski definition) is 3. The highest BCUT2D eigenvalue weighted by molar-refractivity contribution is 5.31. The van der Waals surface area contributed by atoms with Crippen LogP contribution in [0, 0.1) is 6.92 Å². The number of hydrogen-bond donors (Lipinski definition) is 1. The lowest BCUT2D eigenvalue weighted by Gasteiger charge is -2.26. The van der Waals surface area contributed by atoms with Crippen LogP contribution in [0.5, 0.6) is 5.75 Å². The normalized spacial score (nSPS) is 21.1. The standard InChI is InChI=1S/C21H28N2O/c1-17-9-6-7-12-20(17)24-16-8-14-22-19-13-15-23(2)21(19)18-10-4-3-5-11-18/h3-7,9-12,19,21-22H,8,13-16H2,1-2H3/t19-,21-/m0/s1. The molecule has 0 aliphatic carbocycles. The second-order valence-corrected chi connectivity index (χ2v) is 6.65. The number of likely N-dealkylation sites (N-methyl/N-ethyl adjacent to an activating group) is 1. The number of para-hydroxylation sites is 1. The zero-order valence-electron chi connectivity index (χ0n) is 14.7. The van der Waals surface area contributed by atoms with Gasteiger partial charge in [-0.05, 0) is 50.6 Å². The molecule has 0 saturated carbocycles. The van der Waals surface area contributed by atoms with E-state index in [0.717, 1.165) is 31.9 Å². The first-order valence-corrected chi connectivity index (χ1v) is 8.92. The number of nitrogens with zero attached hydrogens (tertiary/aromatic N) is 1. The molecule has 0 aromatic heterocycles. The minimum Gasteiger partial charge on any atom is -0.493 e. The van der Waals surface area contributed by atoms with Gasteiger partial charge in [0.05, 0.1) is 6.61 Å². The monoisotopic (exact) mass is 324 g/mol. The summed E-state index contributed by atoms with van der Waals surface area (Å²) < 4.78 is 5.88. The molecule has 0 bridgehead atoms. The van der Waals surface area contributed by atoms with Gasteiger partial charge in [0.25, 0.3) is 0 Å². The maximum atomic E-state index is 5.88. The van der Waals surface area contributed by atoms with Crippen LogP contribution < -0.4 is 10.1 Å². The molecule has 1 aliphatic rings. The van der Waals surface area contributed by atoms with Crippen LogP contribution in [0.3, 0.4) is 0 Å². The van der Waals surface area contributed by atoms with E-state index in [2.05, 4.69) is 60.6 Å². The molecule has 1 aliphatic heterocycles. The van der Waals surface area contributed by atoms with Crippen LogP contribution in [-0.2, 0) is 0 Å². The average Bonchev–Trinajstić information content (AvgIpc) is 2.97. The van der Waals surface area contributed by atoms with Gasteiger partial charge < -0.3 is 10.1 Å². The van der Waals surface area contributed by atoms with Crippen molar-refractivity contribution in [2.45, 2.75) is 31.8 Å². The van der Waals surface area contributed by atoms with Gasteiger partial charge in [0.1, 0.15) is 5.75 Å². The Morgan fingerprint density at radius 1 is 1.08 bits per heavy atom. The second-order valence-electron chi connectivity index (χ2n) is 6.65. The van der Waals surface area contributed by atoms with Gasteiger partial charge in [0.15, 0.2) is 0 Å². The van der Waals surface area contributed by atoms with Crippen molar-refractivity contribution in [2.75, 3.05) is 26.7 Å². The Labute approximate surface area is 145 Å². The number of aryl methyl sites for hydroxylation is 1. The first-order chi connectivity index (χ1) is 11.8. The van der Waals surface area contributed by atoms with Gasteiger partial charge in [-0.3, -0.25) is 4.90 Å². The van der Waals surface area contributed by atoms with Crippen LogP contribution in [0.4, 0.5) is 0 Å². The zero-order chi connectivity index (χ0) is 16.8. The van der Waals surface area contributed by atoms with Crippen molar-refractivity contribution < 1.29 is 4.74 Å². The first kappa shape index (κ1) is 17.0. The van der Waals surface area contributed by atoms with E-state index in [1.165, 1.54) is 17.5 Å². The fraction of sp³-hybridized carbons (Fsp3) is 0.429. The Bertz CT molecular complexity index is 629. The lowest BCUT2D eigenvalue weighted by atomic mass is 10.0. The number of rotatable bonds is 7. The van der Waals surface area contributed by atoms with E-state index in [1.54, 1.807) is 0 Å². The SMILES string of the molecule is Cc1ccccc1OCCCN[C@H]1CCN(C)[C@H]1c1ccccc1. The molecular weight excluding hydrogens is 296 g/mol. The number of likely N-dealkylation sites (tertiary alicyclic amines) is 1. The predicted octanol–water partition coefficient (Wildman–Crippen LogP) is 3.80. The molecule has 0 spiro atoms. The van der Waals surface area contributed by atoms with Gasteiger partial charge in [-0.1, -0.05) is 48.5 Å². The van der Waals surface area contributed by atoms with Gasteiger partial charge >= 0.3 is 0 Å². The topological polar surface area (TPSA) is 24.5 Å². The molecule has 0 unspecified atom stereocenters. The van der Waals surface area contributed by atoms with Gasteiger partial charge in [-0.25, -0.2) is 0 Å². The van der Waals surface area contributed by atoms with E-state index in [9.17, 15) is 0 Å². The molecule has 3 rings (SSSR count). The molecule has 3 heteroatoms. The van der Waals surface area contributed by atoms with Gasteiger partial charge in [-0.2, -0.15) is 0 Å². The summed E-state index contributed by atoms with van der Waals surface area (Å²) >= 11 is 0. The van der Waals surface area contributed by atoms with Gasteiger partial charge in [-0.15, -0.1) is 0 Å². The molecule has 0 radical (unpaired) electrons. The quantitative estimate of drug-likeness (QED) is 0.784. The van der Waals surface area contributed by atoms with Crippen molar-refractivity contribution in [2.24, 2.45) is 0 Å². The van der Waals surface area contributed by atoms with Crippen LogP contribution in [0.2, 0.25) is 0 Å². The van der Waals surface area contributed by atoms with E-state index < -0.39 is 0 Å². The third kappa shape index (κ3) is 4.16. The van der Waals surface area contributed by atoms with E-state index in [1.807, 2.05) is 18.2 Å².